The highest BCUT2D eigenvalue weighted by atomic mass is 16.4. The maximum atomic E-state index is 12.2. The molecule has 0 aliphatic heterocycles. The largest absolute Gasteiger partial charge is 0.481 e. The lowest BCUT2D eigenvalue weighted by molar-refractivity contribution is -0.147. The van der Waals surface area contributed by atoms with E-state index in [4.69, 9.17) is 0 Å². The normalized spacial score (nSPS) is 22.0. The zero-order valence-electron chi connectivity index (χ0n) is 13.5. The van der Waals surface area contributed by atoms with Crippen molar-refractivity contribution in [3.8, 4) is 0 Å². The van der Waals surface area contributed by atoms with Gasteiger partial charge in [-0.25, -0.2) is 0 Å². The van der Waals surface area contributed by atoms with Crippen LogP contribution in [0.3, 0.4) is 0 Å². The van der Waals surface area contributed by atoms with Crippen LogP contribution >= 0.6 is 0 Å². The van der Waals surface area contributed by atoms with E-state index in [1.54, 1.807) is 0 Å². The van der Waals surface area contributed by atoms with Crippen LogP contribution in [-0.2, 0) is 9.59 Å². The number of carbonyl (C=O) groups is 2. The van der Waals surface area contributed by atoms with Crippen LogP contribution in [0.5, 0.6) is 0 Å². The quantitative estimate of drug-likeness (QED) is 0.704. The Morgan fingerprint density at radius 1 is 1.14 bits per heavy atom. The predicted octanol–water partition coefficient (Wildman–Crippen LogP) is 1.89. The smallest absolute Gasteiger partial charge is 0.307 e. The molecular formula is C16H28N2O3. The zero-order valence-corrected chi connectivity index (χ0v) is 13.5. The molecule has 2 atom stereocenters. The maximum Gasteiger partial charge on any atom is 0.307 e. The van der Waals surface area contributed by atoms with Crippen LogP contribution in [0.2, 0.25) is 0 Å². The van der Waals surface area contributed by atoms with E-state index in [1.165, 1.54) is 0 Å². The van der Waals surface area contributed by atoms with Crippen LogP contribution in [-0.4, -0.2) is 47.1 Å². The number of rotatable bonds is 7. The van der Waals surface area contributed by atoms with E-state index in [2.05, 4.69) is 37.9 Å². The van der Waals surface area contributed by atoms with Gasteiger partial charge in [0.05, 0.1) is 11.8 Å². The Morgan fingerprint density at radius 3 is 2.14 bits per heavy atom. The average Bonchev–Trinajstić information content (AvgIpc) is 2.42. The highest BCUT2D eigenvalue weighted by Crippen LogP contribution is 2.25. The SMILES string of the molecule is CC(C)N(CCNC(=O)C1CC=CCC1C(=O)O)C(C)C. The number of carboxylic acid groups (broad SMARTS) is 1. The number of aliphatic carboxylic acids is 1. The Bertz CT molecular complexity index is 383. The standard InChI is InChI=1S/C16H28N2O3/c1-11(2)18(12(3)4)10-9-17-15(19)13-7-5-6-8-14(13)16(20)21/h5-6,11-14H,7-10H2,1-4H3,(H,17,19)(H,20,21). The van der Waals surface area contributed by atoms with Crippen molar-refractivity contribution in [2.75, 3.05) is 13.1 Å². The minimum absolute atomic E-state index is 0.140. The van der Waals surface area contributed by atoms with Gasteiger partial charge in [-0.2, -0.15) is 0 Å². The summed E-state index contributed by atoms with van der Waals surface area (Å²) >= 11 is 0. The highest BCUT2D eigenvalue weighted by molar-refractivity contribution is 5.85. The fourth-order valence-electron chi connectivity index (χ4n) is 2.93. The lowest BCUT2D eigenvalue weighted by Crippen LogP contribution is -2.45. The van der Waals surface area contributed by atoms with Gasteiger partial charge in [0.1, 0.15) is 0 Å². The average molecular weight is 296 g/mol. The molecule has 0 fully saturated rings. The first kappa shape index (κ1) is 17.7. The van der Waals surface area contributed by atoms with Gasteiger partial charge in [0.15, 0.2) is 0 Å². The molecule has 0 aromatic rings. The van der Waals surface area contributed by atoms with Gasteiger partial charge in [-0.15, -0.1) is 0 Å². The van der Waals surface area contributed by atoms with Crippen LogP contribution in [0, 0.1) is 11.8 Å². The van der Waals surface area contributed by atoms with E-state index in [9.17, 15) is 14.7 Å². The molecule has 0 radical (unpaired) electrons. The predicted molar refractivity (Wildman–Crippen MR) is 83.0 cm³/mol. The highest BCUT2D eigenvalue weighted by Gasteiger charge is 2.33. The third kappa shape index (κ3) is 5.16. The third-order valence-corrected chi connectivity index (χ3v) is 4.08. The van der Waals surface area contributed by atoms with Gasteiger partial charge in [-0.1, -0.05) is 12.2 Å². The molecule has 0 spiro atoms. The Morgan fingerprint density at radius 2 is 1.67 bits per heavy atom. The lowest BCUT2D eigenvalue weighted by atomic mass is 9.82. The first-order valence-corrected chi connectivity index (χ1v) is 7.75. The molecular weight excluding hydrogens is 268 g/mol. The fraction of sp³-hybridized carbons (Fsp3) is 0.750. The number of nitrogens with zero attached hydrogens (tertiary/aromatic N) is 1. The van der Waals surface area contributed by atoms with Crippen molar-refractivity contribution in [3.63, 3.8) is 0 Å². The van der Waals surface area contributed by atoms with Crippen molar-refractivity contribution in [1.82, 2.24) is 10.2 Å². The lowest BCUT2D eigenvalue weighted by Gasteiger charge is -2.31. The van der Waals surface area contributed by atoms with E-state index < -0.39 is 17.8 Å². The number of hydrogen-bond acceptors (Lipinski definition) is 3. The van der Waals surface area contributed by atoms with Gasteiger partial charge in [0.2, 0.25) is 5.91 Å². The summed E-state index contributed by atoms with van der Waals surface area (Å²) in [5, 5.41) is 12.1. The van der Waals surface area contributed by atoms with Gasteiger partial charge in [0.25, 0.3) is 0 Å². The van der Waals surface area contributed by atoms with E-state index in [-0.39, 0.29) is 5.91 Å². The number of nitrogens with one attached hydrogen (secondary N) is 1. The van der Waals surface area contributed by atoms with Gasteiger partial charge >= 0.3 is 5.97 Å². The van der Waals surface area contributed by atoms with E-state index in [1.807, 2.05) is 12.2 Å². The van der Waals surface area contributed by atoms with Gasteiger partial charge in [-0.3, -0.25) is 14.5 Å². The number of carbonyl (C=O) groups excluding carboxylic acids is 1. The van der Waals surface area contributed by atoms with Crippen LogP contribution in [0.15, 0.2) is 12.2 Å². The molecule has 5 heteroatoms. The van der Waals surface area contributed by atoms with Crippen molar-refractivity contribution in [1.29, 1.82) is 0 Å². The molecule has 1 aliphatic carbocycles. The molecule has 0 aromatic carbocycles. The van der Waals surface area contributed by atoms with Gasteiger partial charge < -0.3 is 10.4 Å². The zero-order chi connectivity index (χ0) is 16.0. The second-order valence-electron chi connectivity index (χ2n) is 6.21. The monoisotopic (exact) mass is 296 g/mol. The first-order chi connectivity index (χ1) is 9.84. The van der Waals surface area contributed by atoms with E-state index >= 15 is 0 Å². The summed E-state index contributed by atoms with van der Waals surface area (Å²) in [5.74, 6) is -2.06. The Balaban J connectivity index is 2.49. The fourth-order valence-corrected chi connectivity index (χ4v) is 2.93. The summed E-state index contributed by atoms with van der Waals surface area (Å²) in [7, 11) is 0. The molecule has 21 heavy (non-hydrogen) atoms. The summed E-state index contributed by atoms with van der Waals surface area (Å²) in [6.07, 6.45) is 4.71. The number of allylic oxidation sites excluding steroid dienone is 2. The Kier molecular flexibility index (Phi) is 6.89. The molecule has 120 valence electrons. The van der Waals surface area contributed by atoms with Crippen LogP contribution in [0.25, 0.3) is 0 Å². The topological polar surface area (TPSA) is 69.6 Å². The molecule has 0 saturated heterocycles. The number of carboxylic acids is 1. The molecule has 2 N–H and O–H groups in total. The minimum Gasteiger partial charge on any atom is -0.481 e. The summed E-state index contributed by atoms with van der Waals surface area (Å²) in [4.78, 5) is 25.7. The van der Waals surface area contributed by atoms with Gasteiger partial charge in [-0.05, 0) is 40.5 Å². The van der Waals surface area contributed by atoms with Crippen LogP contribution in [0.1, 0.15) is 40.5 Å². The first-order valence-electron chi connectivity index (χ1n) is 7.75. The molecule has 0 aromatic heterocycles. The summed E-state index contributed by atoms with van der Waals surface area (Å²) in [5.41, 5.74) is 0. The number of amides is 1. The number of hydrogen-bond donors (Lipinski definition) is 2. The molecule has 0 bridgehead atoms. The minimum atomic E-state index is -0.884. The molecule has 1 amide bonds. The van der Waals surface area contributed by atoms with Crippen molar-refractivity contribution >= 4 is 11.9 Å². The van der Waals surface area contributed by atoms with Crippen LogP contribution < -0.4 is 5.32 Å². The van der Waals surface area contributed by atoms with E-state index in [0.29, 0.717) is 31.5 Å². The van der Waals surface area contributed by atoms with Crippen molar-refractivity contribution in [2.24, 2.45) is 11.8 Å². The second-order valence-corrected chi connectivity index (χ2v) is 6.21. The summed E-state index contributed by atoms with van der Waals surface area (Å²) < 4.78 is 0. The van der Waals surface area contributed by atoms with Gasteiger partial charge in [0, 0.05) is 25.2 Å². The van der Waals surface area contributed by atoms with E-state index in [0.717, 1.165) is 6.54 Å². The molecule has 1 rings (SSSR count). The molecule has 0 saturated carbocycles. The molecule has 2 unspecified atom stereocenters. The Hall–Kier alpha value is -1.36. The maximum absolute atomic E-state index is 12.2. The van der Waals surface area contributed by atoms with Crippen LogP contribution in [0.4, 0.5) is 0 Å². The van der Waals surface area contributed by atoms with Crippen molar-refractivity contribution < 1.29 is 14.7 Å². The third-order valence-electron chi connectivity index (χ3n) is 4.08. The summed E-state index contributed by atoms with van der Waals surface area (Å²) in [6, 6.07) is 0.845. The molecule has 5 nitrogen and oxygen atoms in total. The Labute approximate surface area is 127 Å². The van der Waals surface area contributed by atoms with Crippen molar-refractivity contribution in [2.45, 2.75) is 52.6 Å². The molecule has 1 aliphatic rings. The second kappa shape index (κ2) is 8.17. The van der Waals surface area contributed by atoms with Crippen molar-refractivity contribution in [3.05, 3.63) is 12.2 Å². The summed E-state index contributed by atoms with van der Waals surface area (Å²) in [6.45, 7) is 9.87. The molecule has 0 heterocycles.